The molecule has 0 aromatic carbocycles. The SMILES string of the molecule is CC(C)CC(CN(C)C)NC(=O)c1cncc(Cl)n1. The molecular weight excluding hydrogens is 264 g/mol. The van der Waals surface area contributed by atoms with Crippen LogP contribution in [0.1, 0.15) is 30.8 Å². The Labute approximate surface area is 119 Å². The van der Waals surface area contributed by atoms with Crippen LogP contribution in [-0.4, -0.2) is 47.5 Å². The Morgan fingerprint density at radius 2 is 2.11 bits per heavy atom. The summed E-state index contributed by atoms with van der Waals surface area (Å²) in [6, 6.07) is 0.0864. The monoisotopic (exact) mass is 284 g/mol. The Balaban J connectivity index is 2.69. The number of rotatable bonds is 6. The molecule has 0 aliphatic rings. The van der Waals surface area contributed by atoms with Crippen molar-refractivity contribution >= 4 is 17.5 Å². The highest BCUT2D eigenvalue weighted by Gasteiger charge is 2.17. The van der Waals surface area contributed by atoms with E-state index in [0.717, 1.165) is 13.0 Å². The summed E-state index contributed by atoms with van der Waals surface area (Å²) in [6.07, 6.45) is 3.74. The van der Waals surface area contributed by atoms with Crippen molar-refractivity contribution in [3.8, 4) is 0 Å². The van der Waals surface area contributed by atoms with E-state index in [1.165, 1.54) is 12.4 Å². The van der Waals surface area contributed by atoms with Crippen LogP contribution in [0.3, 0.4) is 0 Å². The first-order valence-electron chi connectivity index (χ1n) is 6.31. The summed E-state index contributed by atoms with van der Waals surface area (Å²) < 4.78 is 0. The molecule has 0 aliphatic heterocycles. The van der Waals surface area contributed by atoms with Crippen LogP contribution in [0.15, 0.2) is 12.4 Å². The van der Waals surface area contributed by atoms with E-state index in [1.54, 1.807) is 0 Å². The molecule has 0 fully saturated rings. The lowest BCUT2D eigenvalue weighted by molar-refractivity contribution is 0.0919. The van der Waals surface area contributed by atoms with E-state index in [4.69, 9.17) is 11.6 Å². The summed E-state index contributed by atoms with van der Waals surface area (Å²) >= 11 is 5.73. The number of hydrogen-bond acceptors (Lipinski definition) is 4. The van der Waals surface area contributed by atoms with E-state index in [9.17, 15) is 4.79 Å². The molecule has 6 heteroatoms. The second-order valence-corrected chi connectivity index (χ2v) is 5.68. The van der Waals surface area contributed by atoms with Gasteiger partial charge >= 0.3 is 0 Å². The van der Waals surface area contributed by atoms with Gasteiger partial charge in [-0.15, -0.1) is 0 Å². The smallest absolute Gasteiger partial charge is 0.271 e. The molecule has 1 N–H and O–H groups in total. The molecule has 1 heterocycles. The van der Waals surface area contributed by atoms with Crippen molar-refractivity contribution in [2.45, 2.75) is 26.3 Å². The van der Waals surface area contributed by atoms with Gasteiger partial charge in [-0.3, -0.25) is 9.78 Å². The van der Waals surface area contributed by atoms with Crippen LogP contribution in [0.4, 0.5) is 0 Å². The minimum atomic E-state index is -0.234. The van der Waals surface area contributed by atoms with Crippen molar-refractivity contribution in [1.82, 2.24) is 20.2 Å². The fourth-order valence-corrected chi connectivity index (χ4v) is 2.05. The van der Waals surface area contributed by atoms with Crippen molar-refractivity contribution in [2.75, 3.05) is 20.6 Å². The van der Waals surface area contributed by atoms with Gasteiger partial charge in [0.25, 0.3) is 5.91 Å². The van der Waals surface area contributed by atoms with Gasteiger partial charge in [0.15, 0.2) is 0 Å². The van der Waals surface area contributed by atoms with Crippen LogP contribution in [0.25, 0.3) is 0 Å². The molecule has 0 aliphatic carbocycles. The van der Waals surface area contributed by atoms with Crippen LogP contribution in [0.5, 0.6) is 0 Å². The number of halogens is 1. The maximum Gasteiger partial charge on any atom is 0.271 e. The largest absolute Gasteiger partial charge is 0.347 e. The van der Waals surface area contributed by atoms with E-state index in [-0.39, 0.29) is 22.8 Å². The average Bonchev–Trinajstić information content (AvgIpc) is 2.26. The highest BCUT2D eigenvalue weighted by Crippen LogP contribution is 2.07. The fraction of sp³-hybridized carbons (Fsp3) is 0.615. The quantitative estimate of drug-likeness (QED) is 0.866. The molecule has 0 saturated carbocycles. The molecule has 19 heavy (non-hydrogen) atoms. The van der Waals surface area contributed by atoms with Gasteiger partial charge in [0.2, 0.25) is 0 Å². The normalized spacial score (nSPS) is 12.8. The zero-order valence-corrected chi connectivity index (χ0v) is 12.6. The van der Waals surface area contributed by atoms with Gasteiger partial charge in [-0.1, -0.05) is 25.4 Å². The summed E-state index contributed by atoms with van der Waals surface area (Å²) in [4.78, 5) is 22.0. The lowest BCUT2D eigenvalue weighted by Crippen LogP contribution is -2.42. The van der Waals surface area contributed by atoms with E-state index in [2.05, 4.69) is 34.0 Å². The molecule has 106 valence electrons. The molecule has 0 saturated heterocycles. The third kappa shape index (κ3) is 5.98. The summed E-state index contributed by atoms with van der Waals surface area (Å²) in [5, 5.41) is 3.20. The van der Waals surface area contributed by atoms with Crippen molar-refractivity contribution in [1.29, 1.82) is 0 Å². The number of hydrogen-bond donors (Lipinski definition) is 1. The lowest BCUT2D eigenvalue weighted by Gasteiger charge is -2.23. The predicted molar refractivity (Wildman–Crippen MR) is 76.3 cm³/mol. The van der Waals surface area contributed by atoms with E-state index in [1.807, 2.05) is 14.1 Å². The Bertz CT molecular complexity index is 413. The highest BCUT2D eigenvalue weighted by molar-refractivity contribution is 6.29. The second kappa shape index (κ2) is 7.40. The maximum absolute atomic E-state index is 12.1. The van der Waals surface area contributed by atoms with E-state index in [0.29, 0.717) is 5.92 Å². The molecule has 1 aromatic rings. The number of aromatic nitrogens is 2. The van der Waals surface area contributed by atoms with Crippen LogP contribution >= 0.6 is 11.6 Å². The third-order valence-corrected chi connectivity index (χ3v) is 2.70. The Morgan fingerprint density at radius 3 is 2.63 bits per heavy atom. The maximum atomic E-state index is 12.1. The molecule has 1 atom stereocenters. The first-order valence-corrected chi connectivity index (χ1v) is 6.69. The summed E-state index contributed by atoms with van der Waals surface area (Å²) in [6.45, 7) is 5.06. The number of likely N-dealkylation sites (N-methyl/N-ethyl adjacent to an activating group) is 1. The van der Waals surface area contributed by atoms with Crippen LogP contribution in [0.2, 0.25) is 5.15 Å². The second-order valence-electron chi connectivity index (χ2n) is 5.29. The highest BCUT2D eigenvalue weighted by atomic mass is 35.5. The van der Waals surface area contributed by atoms with Gasteiger partial charge in [-0.05, 0) is 26.4 Å². The topological polar surface area (TPSA) is 58.1 Å². The van der Waals surface area contributed by atoms with Crippen molar-refractivity contribution in [3.63, 3.8) is 0 Å². The molecule has 1 rings (SSSR count). The van der Waals surface area contributed by atoms with Crippen LogP contribution in [-0.2, 0) is 0 Å². The number of nitrogens with one attached hydrogen (secondary N) is 1. The summed E-state index contributed by atoms with van der Waals surface area (Å²) in [5.74, 6) is 0.276. The van der Waals surface area contributed by atoms with Gasteiger partial charge in [0.05, 0.1) is 12.4 Å². The minimum absolute atomic E-state index is 0.0864. The van der Waals surface area contributed by atoms with Crippen LogP contribution < -0.4 is 5.32 Å². The number of carbonyl (C=O) groups is 1. The van der Waals surface area contributed by atoms with E-state index < -0.39 is 0 Å². The Morgan fingerprint density at radius 1 is 1.42 bits per heavy atom. The Hall–Kier alpha value is -1.20. The van der Waals surface area contributed by atoms with Gasteiger partial charge < -0.3 is 10.2 Å². The Kier molecular flexibility index (Phi) is 6.18. The number of amides is 1. The summed E-state index contributed by atoms with van der Waals surface area (Å²) in [5.41, 5.74) is 0.250. The molecule has 1 amide bonds. The molecular formula is C13H21ClN4O. The average molecular weight is 285 g/mol. The minimum Gasteiger partial charge on any atom is -0.347 e. The van der Waals surface area contributed by atoms with Crippen LogP contribution in [0, 0.1) is 5.92 Å². The zero-order chi connectivity index (χ0) is 14.4. The molecule has 0 bridgehead atoms. The van der Waals surface area contributed by atoms with Gasteiger partial charge in [0.1, 0.15) is 10.8 Å². The number of nitrogens with zero attached hydrogens (tertiary/aromatic N) is 3. The zero-order valence-electron chi connectivity index (χ0n) is 11.9. The van der Waals surface area contributed by atoms with E-state index >= 15 is 0 Å². The van der Waals surface area contributed by atoms with Gasteiger partial charge in [0, 0.05) is 12.6 Å². The summed E-state index contributed by atoms with van der Waals surface area (Å²) in [7, 11) is 3.97. The molecule has 0 spiro atoms. The molecule has 1 unspecified atom stereocenters. The van der Waals surface area contributed by atoms with Crippen molar-refractivity contribution in [2.24, 2.45) is 5.92 Å². The number of carbonyl (C=O) groups excluding carboxylic acids is 1. The lowest BCUT2D eigenvalue weighted by atomic mass is 10.0. The van der Waals surface area contributed by atoms with Gasteiger partial charge in [-0.2, -0.15) is 0 Å². The van der Waals surface area contributed by atoms with Crippen molar-refractivity contribution < 1.29 is 4.79 Å². The fourth-order valence-electron chi connectivity index (χ4n) is 1.90. The first-order chi connectivity index (χ1) is 8.88. The molecule has 0 radical (unpaired) electrons. The van der Waals surface area contributed by atoms with Crippen molar-refractivity contribution in [3.05, 3.63) is 23.2 Å². The molecule has 5 nitrogen and oxygen atoms in total. The molecule has 1 aromatic heterocycles. The standard InChI is InChI=1S/C13H21ClN4O/c1-9(2)5-10(8-18(3)4)16-13(19)11-6-15-7-12(14)17-11/h6-7,9-10H,5,8H2,1-4H3,(H,16,19). The third-order valence-electron chi connectivity index (χ3n) is 2.51. The first kappa shape index (κ1) is 15.9. The van der Waals surface area contributed by atoms with Gasteiger partial charge in [-0.25, -0.2) is 4.98 Å². The predicted octanol–water partition coefficient (Wildman–Crippen LogP) is 1.84.